The molecule has 0 radical (unpaired) electrons. The Balaban J connectivity index is 2.21. The number of hydrogen-bond donors (Lipinski definition) is 3. The fourth-order valence-corrected chi connectivity index (χ4v) is 2.26. The van der Waals surface area contributed by atoms with E-state index in [4.69, 9.17) is 0 Å². The molecule has 3 aromatic rings. The van der Waals surface area contributed by atoms with Crippen LogP contribution in [0.5, 0.6) is 0 Å². The molecule has 0 spiro atoms. The topological polar surface area (TPSA) is 86.5 Å². The van der Waals surface area contributed by atoms with Crippen molar-refractivity contribution in [2.45, 2.75) is 6.92 Å². The Morgan fingerprint density at radius 1 is 1.10 bits per heavy atom. The summed E-state index contributed by atoms with van der Waals surface area (Å²) < 4.78 is 0. The molecule has 2 aromatic heterocycles. The van der Waals surface area contributed by atoms with Crippen molar-refractivity contribution in [1.29, 1.82) is 0 Å². The third-order valence-electron chi connectivity index (χ3n) is 3.24. The lowest BCUT2D eigenvalue weighted by Gasteiger charge is -2.05. The highest BCUT2D eigenvalue weighted by Gasteiger charge is 2.17. The van der Waals surface area contributed by atoms with Crippen molar-refractivity contribution < 1.29 is 0 Å². The van der Waals surface area contributed by atoms with E-state index < -0.39 is 0 Å². The fraction of sp³-hybridized carbons (Fsp3) is 0.133. The number of aromatic amines is 2. The molecule has 3 N–H and O–H groups in total. The molecule has 6 nitrogen and oxygen atoms in total. The zero-order valence-corrected chi connectivity index (χ0v) is 11.8. The maximum atomic E-state index is 11.2. The summed E-state index contributed by atoms with van der Waals surface area (Å²) in [5.41, 5.74) is 4.20. The molecule has 0 bridgehead atoms. The summed E-state index contributed by atoms with van der Waals surface area (Å²) in [6.07, 6.45) is 0. The molecule has 0 aliphatic rings. The summed E-state index contributed by atoms with van der Waals surface area (Å²) in [4.78, 5) is 11.2. The highest BCUT2D eigenvalue weighted by atomic mass is 16.1. The zero-order valence-electron chi connectivity index (χ0n) is 11.8. The monoisotopic (exact) mass is 281 g/mol. The van der Waals surface area contributed by atoms with Crippen LogP contribution in [0.25, 0.3) is 22.5 Å². The van der Waals surface area contributed by atoms with Gasteiger partial charge in [0, 0.05) is 18.7 Å². The molecular formula is C15H15N5O. The fourth-order valence-electron chi connectivity index (χ4n) is 2.26. The summed E-state index contributed by atoms with van der Waals surface area (Å²) in [5.74, 6) is 0.756. The summed E-state index contributed by atoms with van der Waals surface area (Å²) in [7, 11) is 1.81. The second-order valence-electron chi connectivity index (χ2n) is 4.75. The quantitative estimate of drug-likeness (QED) is 0.686. The summed E-state index contributed by atoms with van der Waals surface area (Å²) in [6, 6.07) is 11.2. The molecule has 3 rings (SSSR count). The van der Waals surface area contributed by atoms with Gasteiger partial charge in [0.05, 0.1) is 11.3 Å². The molecule has 0 saturated carbocycles. The smallest absolute Gasteiger partial charge is 0.264 e. The molecule has 6 heteroatoms. The lowest BCUT2D eigenvalue weighted by Crippen LogP contribution is -2.06. The van der Waals surface area contributed by atoms with Crippen LogP contribution < -0.4 is 10.9 Å². The minimum absolute atomic E-state index is 0.231. The van der Waals surface area contributed by atoms with Crippen molar-refractivity contribution in [2.24, 2.45) is 0 Å². The third kappa shape index (κ3) is 2.43. The van der Waals surface area contributed by atoms with Crippen LogP contribution in [0.1, 0.15) is 5.56 Å². The average molecular weight is 281 g/mol. The Morgan fingerprint density at radius 3 is 2.62 bits per heavy atom. The van der Waals surface area contributed by atoms with Gasteiger partial charge >= 0.3 is 0 Å². The molecule has 1 aromatic carbocycles. The minimum atomic E-state index is -0.231. The Hall–Kier alpha value is -2.89. The maximum absolute atomic E-state index is 11.2. The van der Waals surface area contributed by atoms with E-state index in [1.807, 2.05) is 32.2 Å². The van der Waals surface area contributed by atoms with Gasteiger partial charge in [-0.25, -0.2) is 5.10 Å². The van der Waals surface area contributed by atoms with Gasteiger partial charge in [0.2, 0.25) is 0 Å². The van der Waals surface area contributed by atoms with E-state index in [1.165, 1.54) is 6.07 Å². The molecule has 0 fully saturated rings. The number of benzene rings is 1. The normalized spacial score (nSPS) is 10.6. The molecule has 21 heavy (non-hydrogen) atoms. The van der Waals surface area contributed by atoms with E-state index in [0.29, 0.717) is 5.69 Å². The first kappa shape index (κ1) is 13.1. The van der Waals surface area contributed by atoms with E-state index in [9.17, 15) is 4.79 Å². The molecule has 0 unspecified atom stereocenters. The molecule has 106 valence electrons. The van der Waals surface area contributed by atoms with Gasteiger partial charge in [-0.3, -0.25) is 9.89 Å². The van der Waals surface area contributed by atoms with Crippen molar-refractivity contribution in [1.82, 2.24) is 20.4 Å². The van der Waals surface area contributed by atoms with E-state index in [-0.39, 0.29) is 5.56 Å². The predicted molar refractivity (Wildman–Crippen MR) is 82.2 cm³/mol. The van der Waals surface area contributed by atoms with Gasteiger partial charge in [0.15, 0.2) is 0 Å². The molecule has 0 aliphatic heterocycles. The number of hydrogen-bond acceptors (Lipinski definition) is 4. The van der Waals surface area contributed by atoms with E-state index in [0.717, 1.165) is 28.2 Å². The number of H-pyrrole nitrogens is 2. The van der Waals surface area contributed by atoms with Gasteiger partial charge in [-0.1, -0.05) is 23.8 Å². The Kier molecular flexibility index (Phi) is 3.27. The number of anilines is 1. The largest absolute Gasteiger partial charge is 0.373 e. The van der Waals surface area contributed by atoms with Crippen LogP contribution in [0.3, 0.4) is 0 Å². The average Bonchev–Trinajstić information content (AvgIpc) is 2.92. The van der Waals surface area contributed by atoms with Crippen LogP contribution in [0.2, 0.25) is 0 Å². The number of aryl methyl sites for hydroxylation is 1. The van der Waals surface area contributed by atoms with Crippen LogP contribution >= 0.6 is 0 Å². The number of nitrogens with one attached hydrogen (secondary N) is 3. The first-order chi connectivity index (χ1) is 10.2. The standard InChI is InChI=1S/C15H15N5O/c1-9-4-3-5-10(8-9)14-13(15(16-2)20-19-14)11-6-7-12(21)18-17-11/h3-8H,1-2H3,(H,18,21)(H2,16,19,20). The van der Waals surface area contributed by atoms with Crippen LogP contribution in [0.4, 0.5) is 5.82 Å². The Bertz CT molecular complexity index is 814. The zero-order chi connectivity index (χ0) is 14.8. The highest BCUT2D eigenvalue weighted by molar-refractivity contribution is 5.86. The molecule has 2 heterocycles. The summed E-state index contributed by atoms with van der Waals surface area (Å²) in [5, 5.41) is 17.0. The van der Waals surface area contributed by atoms with Crippen LogP contribution in [-0.2, 0) is 0 Å². The number of aromatic nitrogens is 4. The second-order valence-corrected chi connectivity index (χ2v) is 4.75. The second kappa shape index (κ2) is 5.24. The van der Waals surface area contributed by atoms with Crippen molar-refractivity contribution in [3.05, 3.63) is 52.3 Å². The molecule has 0 atom stereocenters. The minimum Gasteiger partial charge on any atom is -0.373 e. The molecular weight excluding hydrogens is 266 g/mol. The third-order valence-corrected chi connectivity index (χ3v) is 3.24. The van der Waals surface area contributed by atoms with Crippen molar-refractivity contribution in [3.8, 4) is 22.5 Å². The predicted octanol–water partition coefficient (Wildman–Crippen LogP) is 2.18. The lowest BCUT2D eigenvalue weighted by molar-refractivity contribution is 0.996. The molecule has 0 aliphatic carbocycles. The molecule has 0 saturated heterocycles. The van der Waals surface area contributed by atoms with Gasteiger partial charge in [0.1, 0.15) is 11.5 Å². The highest BCUT2D eigenvalue weighted by Crippen LogP contribution is 2.34. The van der Waals surface area contributed by atoms with E-state index in [1.54, 1.807) is 6.07 Å². The van der Waals surface area contributed by atoms with Gasteiger partial charge in [-0.15, -0.1) is 0 Å². The van der Waals surface area contributed by atoms with Crippen LogP contribution in [-0.4, -0.2) is 27.4 Å². The SMILES string of the molecule is CNc1[nH]nc(-c2cccc(C)c2)c1-c1ccc(=O)[nH]n1. The maximum Gasteiger partial charge on any atom is 0.264 e. The van der Waals surface area contributed by atoms with Crippen LogP contribution in [0.15, 0.2) is 41.2 Å². The lowest BCUT2D eigenvalue weighted by atomic mass is 10.0. The van der Waals surface area contributed by atoms with Crippen molar-refractivity contribution >= 4 is 5.82 Å². The van der Waals surface area contributed by atoms with Crippen molar-refractivity contribution in [3.63, 3.8) is 0 Å². The van der Waals surface area contributed by atoms with Gasteiger partial charge < -0.3 is 5.32 Å². The van der Waals surface area contributed by atoms with Gasteiger partial charge in [-0.05, 0) is 19.1 Å². The van der Waals surface area contributed by atoms with Gasteiger partial charge in [-0.2, -0.15) is 10.2 Å². The number of rotatable bonds is 3. The van der Waals surface area contributed by atoms with Crippen LogP contribution in [0, 0.1) is 6.92 Å². The van der Waals surface area contributed by atoms with E-state index >= 15 is 0 Å². The number of nitrogens with zero attached hydrogens (tertiary/aromatic N) is 2. The molecule has 0 amide bonds. The van der Waals surface area contributed by atoms with Gasteiger partial charge in [0.25, 0.3) is 5.56 Å². The Labute approximate surface area is 121 Å². The van der Waals surface area contributed by atoms with Crippen molar-refractivity contribution in [2.75, 3.05) is 12.4 Å². The Morgan fingerprint density at radius 2 is 1.95 bits per heavy atom. The first-order valence-corrected chi connectivity index (χ1v) is 6.58. The first-order valence-electron chi connectivity index (χ1n) is 6.58. The summed E-state index contributed by atoms with van der Waals surface area (Å²) >= 11 is 0. The van der Waals surface area contributed by atoms with E-state index in [2.05, 4.69) is 31.8 Å². The summed E-state index contributed by atoms with van der Waals surface area (Å²) in [6.45, 7) is 2.03.